The lowest BCUT2D eigenvalue weighted by molar-refractivity contribution is -0.121. The standard InChI is InChI=1S/C12H17N3O2S.ClH/c13-12(4-1-2-5-12)10(16)15-11-14-8-3-6-17-7-9(8)18-11;/h1-7,13H2,(H,14,15,16);1H. The summed E-state index contributed by atoms with van der Waals surface area (Å²) in [6.07, 6.45) is 4.44. The van der Waals surface area contributed by atoms with Crippen molar-refractivity contribution in [3.63, 3.8) is 0 Å². The number of rotatable bonds is 2. The molecule has 0 saturated heterocycles. The van der Waals surface area contributed by atoms with E-state index in [4.69, 9.17) is 10.5 Å². The van der Waals surface area contributed by atoms with Crippen LogP contribution in [-0.4, -0.2) is 23.0 Å². The smallest absolute Gasteiger partial charge is 0.246 e. The Kier molecular flexibility index (Phi) is 4.45. The molecule has 1 aliphatic heterocycles. The van der Waals surface area contributed by atoms with Crippen LogP contribution in [0.2, 0.25) is 0 Å². The normalized spacial score (nSPS) is 20.5. The molecule has 106 valence electrons. The number of nitrogens with two attached hydrogens (primary N) is 1. The van der Waals surface area contributed by atoms with Crippen LogP contribution in [-0.2, 0) is 22.6 Å². The molecule has 1 aliphatic carbocycles. The van der Waals surface area contributed by atoms with Crippen LogP contribution in [0.1, 0.15) is 36.3 Å². The molecule has 0 spiro atoms. The van der Waals surface area contributed by atoms with Crippen molar-refractivity contribution in [2.75, 3.05) is 11.9 Å². The van der Waals surface area contributed by atoms with Gasteiger partial charge in [-0.2, -0.15) is 0 Å². The third-order valence-corrected chi connectivity index (χ3v) is 4.65. The number of carbonyl (C=O) groups excluding carboxylic acids is 1. The fourth-order valence-electron chi connectivity index (χ4n) is 2.53. The second-order valence-corrected chi connectivity index (χ2v) is 6.09. The first-order valence-electron chi connectivity index (χ1n) is 6.34. The maximum Gasteiger partial charge on any atom is 0.246 e. The van der Waals surface area contributed by atoms with E-state index < -0.39 is 5.54 Å². The number of amides is 1. The van der Waals surface area contributed by atoms with Crippen molar-refractivity contribution < 1.29 is 9.53 Å². The van der Waals surface area contributed by atoms with E-state index in [1.54, 1.807) is 0 Å². The molecule has 0 unspecified atom stereocenters. The monoisotopic (exact) mass is 303 g/mol. The first kappa shape index (κ1) is 14.7. The van der Waals surface area contributed by atoms with Gasteiger partial charge in [0.1, 0.15) is 0 Å². The molecule has 0 bridgehead atoms. The van der Waals surface area contributed by atoms with E-state index in [0.29, 0.717) is 18.3 Å². The molecule has 2 heterocycles. The first-order chi connectivity index (χ1) is 8.67. The number of fused-ring (bicyclic) bond motifs is 1. The predicted molar refractivity (Wildman–Crippen MR) is 76.7 cm³/mol. The maximum absolute atomic E-state index is 12.1. The number of hydrogen-bond donors (Lipinski definition) is 2. The third kappa shape index (κ3) is 2.91. The highest BCUT2D eigenvalue weighted by Gasteiger charge is 2.37. The number of ether oxygens (including phenoxy) is 1. The van der Waals surface area contributed by atoms with Gasteiger partial charge in [0.25, 0.3) is 0 Å². The van der Waals surface area contributed by atoms with Crippen LogP contribution < -0.4 is 11.1 Å². The largest absolute Gasteiger partial charge is 0.375 e. The number of hydrogen-bond acceptors (Lipinski definition) is 5. The predicted octanol–water partition coefficient (Wildman–Crippen LogP) is 1.85. The average Bonchev–Trinajstić information content (AvgIpc) is 2.95. The number of halogens is 1. The van der Waals surface area contributed by atoms with E-state index in [2.05, 4.69) is 10.3 Å². The highest BCUT2D eigenvalue weighted by atomic mass is 35.5. The SMILES string of the molecule is Cl.NC1(C(=O)Nc2nc3c(s2)COCC3)CCCC1. The summed E-state index contributed by atoms with van der Waals surface area (Å²) >= 11 is 1.50. The zero-order valence-electron chi connectivity index (χ0n) is 10.6. The molecule has 0 atom stereocenters. The van der Waals surface area contributed by atoms with Crippen molar-refractivity contribution in [2.45, 2.75) is 44.2 Å². The van der Waals surface area contributed by atoms with Crippen molar-refractivity contribution in [3.8, 4) is 0 Å². The van der Waals surface area contributed by atoms with Crippen LogP contribution in [0, 0.1) is 0 Å². The summed E-state index contributed by atoms with van der Waals surface area (Å²) in [7, 11) is 0. The summed E-state index contributed by atoms with van der Waals surface area (Å²) in [5.74, 6) is -0.0907. The minimum atomic E-state index is -0.692. The Bertz CT molecular complexity index is 448. The molecule has 3 N–H and O–H groups in total. The lowest BCUT2D eigenvalue weighted by Gasteiger charge is -2.21. The molecule has 1 saturated carbocycles. The number of anilines is 1. The molecule has 1 aromatic heterocycles. The Balaban J connectivity index is 0.00000133. The van der Waals surface area contributed by atoms with Crippen LogP contribution in [0.4, 0.5) is 5.13 Å². The van der Waals surface area contributed by atoms with Crippen LogP contribution in [0.5, 0.6) is 0 Å². The number of thiazole rings is 1. The molecule has 0 aromatic carbocycles. The van der Waals surface area contributed by atoms with E-state index >= 15 is 0 Å². The summed E-state index contributed by atoms with van der Waals surface area (Å²) < 4.78 is 5.37. The zero-order chi connectivity index (χ0) is 12.6. The minimum Gasteiger partial charge on any atom is -0.375 e. The van der Waals surface area contributed by atoms with E-state index in [1.165, 1.54) is 11.3 Å². The summed E-state index contributed by atoms with van der Waals surface area (Å²) in [6, 6.07) is 0. The second kappa shape index (κ2) is 5.75. The van der Waals surface area contributed by atoms with Gasteiger partial charge in [-0.15, -0.1) is 12.4 Å². The number of carbonyl (C=O) groups is 1. The summed E-state index contributed by atoms with van der Waals surface area (Å²) in [5.41, 5.74) is 6.48. The van der Waals surface area contributed by atoms with Gasteiger partial charge in [-0.25, -0.2) is 4.98 Å². The molecule has 1 amide bonds. The van der Waals surface area contributed by atoms with Crippen LogP contribution in [0.3, 0.4) is 0 Å². The van der Waals surface area contributed by atoms with Gasteiger partial charge in [-0.3, -0.25) is 4.79 Å². The van der Waals surface area contributed by atoms with Crippen molar-refractivity contribution in [3.05, 3.63) is 10.6 Å². The number of aromatic nitrogens is 1. The molecule has 2 aliphatic rings. The zero-order valence-corrected chi connectivity index (χ0v) is 12.2. The molecule has 1 fully saturated rings. The summed E-state index contributed by atoms with van der Waals surface area (Å²) in [5, 5.41) is 3.53. The minimum absolute atomic E-state index is 0. The van der Waals surface area contributed by atoms with Crippen molar-refractivity contribution in [1.82, 2.24) is 4.98 Å². The quantitative estimate of drug-likeness (QED) is 0.874. The van der Waals surface area contributed by atoms with Crippen LogP contribution in [0.25, 0.3) is 0 Å². The van der Waals surface area contributed by atoms with E-state index in [0.717, 1.165) is 42.7 Å². The van der Waals surface area contributed by atoms with Gasteiger partial charge in [0.2, 0.25) is 5.91 Å². The third-order valence-electron chi connectivity index (χ3n) is 3.66. The Hall–Kier alpha value is -0.690. The fourth-order valence-corrected chi connectivity index (χ4v) is 3.47. The van der Waals surface area contributed by atoms with Crippen molar-refractivity contribution >= 4 is 34.8 Å². The highest BCUT2D eigenvalue weighted by molar-refractivity contribution is 7.15. The van der Waals surface area contributed by atoms with Crippen LogP contribution in [0.15, 0.2) is 0 Å². The molecular formula is C12H18ClN3O2S. The van der Waals surface area contributed by atoms with E-state index in [-0.39, 0.29) is 18.3 Å². The Morgan fingerprint density at radius 3 is 2.84 bits per heavy atom. The average molecular weight is 304 g/mol. The number of nitrogens with one attached hydrogen (secondary N) is 1. The summed E-state index contributed by atoms with van der Waals surface area (Å²) in [4.78, 5) is 17.7. The molecular weight excluding hydrogens is 286 g/mol. The number of nitrogens with zero attached hydrogens (tertiary/aromatic N) is 1. The Morgan fingerprint density at radius 2 is 2.16 bits per heavy atom. The second-order valence-electron chi connectivity index (χ2n) is 5.01. The molecule has 19 heavy (non-hydrogen) atoms. The molecule has 1 aromatic rings. The molecule has 0 radical (unpaired) electrons. The van der Waals surface area contributed by atoms with Gasteiger partial charge < -0.3 is 15.8 Å². The lowest BCUT2D eigenvalue weighted by Crippen LogP contribution is -2.48. The van der Waals surface area contributed by atoms with Crippen molar-refractivity contribution in [1.29, 1.82) is 0 Å². The fraction of sp³-hybridized carbons (Fsp3) is 0.667. The maximum atomic E-state index is 12.1. The topological polar surface area (TPSA) is 77.2 Å². The van der Waals surface area contributed by atoms with E-state index in [1.807, 2.05) is 0 Å². The van der Waals surface area contributed by atoms with Gasteiger partial charge in [0.05, 0.1) is 29.3 Å². The highest BCUT2D eigenvalue weighted by Crippen LogP contribution is 2.31. The van der Waals surface area contributed by atoms with Crippen molar-refractivity contribution in [2.24, 2.45) is 5.73 Å². The van der Waals surface area contributed by atoms with Gasteiger partial charge in [0, 0.05) is 6.42 Å². The van der Waals surface area contributed by atoms with Gasteiger partial charge in [0.15, 0.2) is 5.13 Å². The van der Waals surface area contributed by atoms with Crippen LogP contribution >= 0.6 is 23.7 Å². The Labute approximate surface area is 122 Å². The van der Waals surface area contributed by atoms with Gasteiger partial charge in [-0.05, 0) is 12.8 Å². The first-order valence-corrected chi connectivity index (χ1v) is 7.16. The molecule has 3 rings (SSSR count). The van der Waals surface area contributed by atoms with Gasteiger partial charge in [-0.1, -0.05) is 24.2 Å². The van der Waals surface area contributed by atoms with Gasteiger partial charge >= 0.3 is 0 Å². The molecule has 7 heteroatoms. The molecule has 5 nitrogen and oxygen atoms in total. The summed E-state index contributed by atoms with van der Waals surface area (Å²) in [6.45, 7) is 1.32. The lowest BCUT2D eigenvalue weighted by atomic mass is 9.98. The Morgan fingerprint density at radius 1 is 1.42 bits per heavy atom. The van der Waals surface area contributed by atoms with E-state index in [9.17, 15) is 4.79 Å².